The lowest BCUT2D eigenvalue weighted by Crippen LogP contribution is -2.14. The van der Waals surface area contributed by atoms with E-state index in [9.17, 15) is 9.18 Å². The first-order valence-corrected chi connectivity index (χ1v) is 9.61. The molecule has 1 amide bonds. The first-order chi connectivity index (χ1) is 13.6. The fourth-order valence-corrected chi connectivity index (χ4v) is 3.31. The van der Waals surface area contributed by atoms with Gasteiger partial charge in [-0.15, -0.1) is 10.2 Å². The van der Waals surface area contributed by atoms with Gasteiger partial charge in [-0.1, -0.05) is 35.5 Å². The summed E-state index contributed by atoms with van der Waals surface area (Å²) in [6.45, 7) is 0. The van der Waals surface area contributed by atoms with E-state index in [0.717, 1.165) is 0 Å². The van der Waals surface area contributed by atoms with E-state index in [2.05, 4.69) is 20.6 Å². The lowest BCUT2D eigenvalue weighted by Gasteiger charge is -2.05. The number of fused-ring (bicyclic) bond motifs is 1. The Bertz CT molecular complexity index is 1150. The van der Waals surface area contributed by atoms with Crippen LogP contribution in [0.15, 0.2) is 65.7 Å². The largest absolute Gasteiger partial charge is 0.325 e. The third kappa shape index (κ3) is 4.13. The predicted octanol–water partition coefficient (Wildman–Crippen LogP) is 4.31. The zero-order valence-electron chi connectivity index (χ0n) is 14.3. The Kier molecular flexibility index (Phi) is 5.23. The Morgan fingerprint density at radius 3 is 2.71 bits per heavy atom. The van der Waals surface area contributed by atoms with Gasteiger partial charge in [0.1, 0.15) is 10.8 Å². The molecule has 1 N–H and O–H groups in total. The molecule has 6 nitrogen and oxygen atoms in total. The van der Waals surface area contributed by atoms with Crippen LogP contribution in [0, 0.1) is 5.82 Å². The van der Waals surface area contributed by atoms with Crippen LogP contribution in [0.25, 0.3) is 17.0 Å². The quantitative estimate of drug-likeness (QED) is 0.493. The van der Waals surface area contributed by atoms with E-state index in [1.165, 1.54) is 28.4 Å². The van der Waals surface area contributed by atoms with Crippen molar-refractivity contribution < 1.29 is 9.18 Å². The van der Waals surface area contributed by atoms with Crippen LogP contribution < -0.4 is 5.32 Å². The maximum Gasteiger partial charge on any atom is 0.234 e. The molecule has 2 aromatic carbocycles. The third-order valence-corrected chi connectivity index (χ3v) is 4.97. The average molecular weight is 414 g/mol. The molecule has 0 radical (unpaired) electrons. The molecule has 0 aliphatic heterocycles. The van der Waals surface area contributed by atoms with Crippen molar-refractivity contribution in [2.75, 3.05) is 11.1 Å². The van der Waals surface area contributed by atoms with Crippen LogP contribution in [0.2, 0.25) is 5.02 Å². The van der Waals surface area contributed by atoms with Gasteiger partial charge in [-0.25, -0.2) is 4.39 Å². The summed E-state index contributed by atoms with van der Waals surface area (Å²) < 4.78 is 15.1. The number of benzene rings is 2. The van der Waals surface area contributed by atoms with Crippen molar-refractivity contribution in [2.45, 2.75) is 5.03 Å². The highest BCUT2D eigenvalue weighted by Crippen LogP contribution is 2.21. The fraction of sp³-hybridized carbons (Fsp3) is 0.0526. The molecule has 2 heterocycles. The van der Waals surface area contributed by atoms with E-state index in [-0.39, 0.29) is 17.5 Å². The molecular formula is C19H13ClFN5OS. The first kappa shape index (κ1) is 18.4. The number of nitrogens with one attached hydrogen (secondary N) is 1. The van der Waals surface area contributed by atoms with E-state index in [0.29, 0.717) is 32.8 Å². The molecule has 4 rings (SSSR count). The number of hydrogen-bond acceptors (Lipinski definition) is 5. The van der Waals surface area contributed by atoms with Crippen molar-refractivity contribution in [3.8, 4) is 11.4 Å². The third-order valence-electron chi connectivity index (χ3n) is 3.80. The second kappa shape index (κ2) is 7.95. The minimum absolute atomic E-state index is 0.164. The smallest absolute Gasteiger partial charge is 0.234 e. The van der Waals surface area contributed by atoms with E-state index in [1.54, 1.807) is 48.5 Å². The number of rotatable bonds is 5. The molecule has 140 valence electrons. The van der Waals surface area contributed by atoms with Crippen molar-refractivity contribution in [3.05, 3.63) is 71.5 Å². The Morgan fingerprint density at radius 1 is 1.11 bits per heavy atom. The summed E-state index contributed by atoms with van der Waals surface area (Å²) >= 11 is 7.11. The minimum atomic E-state index is -0.362. The molecule has 0 aliphatic carbocycles. The summed E-state index contributed by atoms with van der Waals surface area (Å²) in [6.07, 6.45) is 0. The highest BCUT2D eigenvalue weighted by Gasteiger charge is 2.12. The molecule has 0 aliphatic rings. The van der Waals surface area contributed by atoms with Gasteiger partial charge in [0.25, 0.3) is 0 Å². The molecule has 0 atom stereocenters. The second-order valence-corrected chi connectivity index (χ2v) is 7.25. The summed E-state index contributed by atoms with van der Waals surface area (Å²) in [7, 11) is 0. The summed E-state index contributed by atoms with van der Waals surface area (Å²) in [5.74, 6) is 0.0861. The minimum Gasteiger partial charge on any atom is -0.325 e. The van der Waals surface area contributed by atoms with Gasteiger partial charge < -0.3 is 5.32 Å². The van der Waals surface area contributed by atoms with Gasteiger partial charge in [0.15, 0.2) is 11.5 Å². The first-order valence-electron chi connectivity index (χ1n) is 8.25. The van der Waals surface area contributed by atoms with Crippen LogP contribution in [0.5, 0.6) is 0 Å². The highest BCUT2D eigenvalue weighted by molar-refractivity contribution is 7.99. The molecular weight excluding hydrogens is 401 g/mol. The Hall–Kier alpha value is -2.97. The molecule has 0 saturated heterocycles. The summed E-state index contributed by atoms with van der Waals surface area (Å²) in [6, 6.07) is 16.5. The standard InChI is InChI=1S/C19H13ClFN5OS/c20-13-4-6-15(7-5-13)22-17(27)11-28-18-9-8-16-23-24-19(26(16)25-18)12-2-1-3-14(21)10-12/h1-10H,11H2,(H,22,27). The van der Waals surface area contributed by atoms with Crippen molar-refractivity contribution >= 4 is 40.6 Å². The number of halogens is 2. The van der Waals surface area contributed by atoms with Crippen molar-refractivity contribution in [1.29, 1.82) is 0 Å². The second-order valence-electron chi connectivity index (χ2n) is 5.82. The SMILES string of the molecule is O=C(CSc1ccc2nnc(-c3cccc(F)c3)n2n1)Nc1ccc(Cl)cc1. The maximum absolute atomic E-state index is 13.5. The topological polar surface area (TPSA) is 72.2 Å². The Labute approximate surface area is 168 Å². The van der Waals surface area contributed by atoms with Gasteiger partial charge in [-0.3, -0.25) is 4.79 Å². The van der Waals surface area contributed by atoms with Gasteiger partial charge in [0.2, 0.25) is 5.91 Å². The maximum atomic E-state index is 13.5. The summed E-state index contributed by atoms with van der Waals surface area (Å²) in [5.41, 5.74) is 1.78. The van der Waals surface area contributed by atoms with Crippen LogP contribution in [0.3, 0.4) is 0 Å². The van der Waals surface area contributed by atoms with Crippen molar-refractivity contribution in [2.24, 2.45) is 0 Å². The normalized spacial score (nSPS) is 10.9. The summed E-state index contributed by atoms with van der Waals surface area (Å²) in [4.78, 5) is 12.1. The molecule has 2 aromatic heterocycles. The Balaban J connectivity index is 1.49. The zero-order valence-corrected chi connectivity index (χ0v) is 15.9. The van der Waals surface area contributed by atoms with E-state index < -0.39 is 0 Å². The predicted molar refractivity (Wildman–Crippen MR) is 107 cm³/mol. The van der Waals surface area contributed by atoms with Crippen LogP contribution in [0.4, 0.5) is 10.1 Å². The molecule has 0 spiro atoms. The van der Waals surface area contributed by atoms with Crippen LogP contribution in [-0.2, 0) is 4.79 Å². The van der Waals surface area contributed by atoms with Gasteiger partial charge in [0, 0.05) is 16.3 Å². The van der Waals surface area contributed by atoms with Crippen LogP contribution in [0.1, 0.15) is 0 Å². The lowest BCUT2D eigenvalue weighted by molar-refractivity contribution is -0.113. The fourth-order valence-electron chi connectivity index (χ4n) is 2.53. The van der Waals surface area contributed by atoms with Crippen LogP contribution >= 0.6 is 23.4 Å². The number of thioether (sulfide) groups is 1. The van der Waals surface area contributed by atoms with Gasteiger partial charge in [0.05, 0.1) is 5.75 Å². The number of nitrogens with zero attached hydrogens (tertiary/aromatic N) is 4. The van der Waals surface area contributed by atoms with Crippen LogP contribution in [-0.4, -0.2) is 31.5 Å². The van der Waals surface area contributed by atoms with E-state index >= 15 is 0 Å². The number of anilines is 1. The molecule has 0 bridgehead atoms. The number of carbonyl (C=O) groups is 1. The highest BCUT2D eigenvalue weighted by atomic mass is 35.5. The number of carbonyl (C=O) groups excluding carboxylic acids is 1. The molecule has 0 unspecified atom stereocenters. The molecule has 4 aromatic rings. The Morgan fingerprint density at radius 2 is 1.93 bits per heavy atom. The average Bonchev–Trinajstić information content (AvgIpc) is 3.11. The van der Waals surface area contributed by atoms with Gasteiger partial charge in [-0.05, 0) is 48.5 Å². The number of amides is 1. The molecule has 28 heavy (non-hydrogen) atoms. The monoisotopic (exact) mass is 413 g/mol. The van der Waals surface area contributed by atoms with Gasteiger partial charge in [-0.2, -0.15) is 9.61 Å². The number of aromatic nitrogens is 4. The van der Waals surface area contributed by atoms with Crippen molar-refractivity contribution in [1.82, 2.24) is 19.8 Å². The van der Waals surface area contributed by atoms with Gasteiger partial charge >= 0.3 is 0 Å². The number of hydrogen-bond donors (Lipinski definition) is 1. The van der Waals surface area contributed by atoms with E-state index in [1.807, 2.05) is 0 Å². The molecule has 0 saturated carbocycles. The van der Waals surface area contributed by atoms with E-state index in [4.69, 9.17) is 11.6 Å². The molecule has 9 heteroatoms. The van der Waals surface area contributed by atoms with Crippen molar-refractivity contribution in [3.63, 3.8) is 0 Å². The molecule has 0 fully saturated rings. The zero-order chi connectivity index (χ0) is 19.5. The summed E-state index contributed by atoms with van der Waals surface area (Å²) in [5, 5.41) is 16.6. The lowest BCUT2D eigenvalue weighted by atomic mass is 10.2.